The van der Waals surface area contributed by atoms with Crippen molar-refractivity contribution in [2.75, 3.05) is 6.16 Å². The third kappa shape index (κ3) is 10.4. The summed E-state index contributed by atoms with van der Waals surface area (Å²) in [7, 11) is -2.08. The van der Waals surface area contributed by atoms with Gasteiger partial charge in [0.2, 0.25) is 5.91 Å². The van der Waals surface area contributed by atoms with Crippen LogP contribution >= 0.6 is 7.26 Å². The normalized spacial score (nSPS) is 13.4. The highest BCUT2D eigenvalue weighted by Crippen LogP contribution is 2.60. The fourth-order valence-electron chi connectivity index (χ4n) is 5.63. The Balaban J connectivity index is 0.00000675. The lowest BCUT2D eigenvalue weighted by Crippen LogP contribution is -3.00. The number of alkyl carbamates (subject to hydrolysis) is 1. The first-order valence-corrected chi connectivity index (χ1v) is 17.5. The molecule has 0 aliphatic carbocycles. The van der Waals surface area contributed by atoms with Crippen molar-refractivity contribution < 1.29 is 31.3 Å². The number of rotatable bonds is 10. The molecule has 7 heteroatoms. The Morgan fingerprint density at radius 1 is 0.773 bits per heavy atom. The topological polar surface area (TPSA) is 67.4 Å². The van der Waals surface area contributed by atoms with E-state index in [0.29, 0.717) is 0 Å². The zero-order valence-corrected chi connectivity index (χ0v) is 30.7. The Bertz CT molecular complexity index is 1310. The Hall–Kier alpha value is -2.69. The van der Waals surface area contributed by atoms with Crippen molar-refractivity contribution in [3.05, 3.63) is 95.6 Å². The number of nitrogens with one attached hydrogen (secondary N) is 2. The predicted octanol–water partition coefficient (Wildman–Crippen LogP) is 4.56. The minimum atomic E-state index is -2.08. The molecule has 0 aliphatic rings. The number of hydrogen-bond acceptors (Lipinski definition) is 3. The average Bonchev–Trinajstić information content (AvgIpc) is 2.89. The van der Waals surface area contributed by atoms with Crippen LogP contribution in [-0.4, -0.2) is 35.8 Å². The van der Waals surface area contributed by atoms with Gasteiger partial charge in [-0.15, -0.1) is 0 Å². The molecule has 0 aliphatic heterocycles. The van der Waals surface area contributed by atoms with Crippen molar-refractivity contribution in [1.29, 1.82) is 0 Å². The molecule has 2 atom stereocenters. The summed E-state index contributed by atoms with van der Waals surface area (Å²) in [6.45, 7) is 20.0. The van der Waals surface area contributed by atoms with Crippen molar-refractivity contribution >= 4 is 29.9 Å². The maximum atomic E-state index is 14.0. The molecule has 1 unspecified atom stereocenters. The van der Waals surface area contributed by atoms with Crippen LogP contribution in [0.1, 0.15) is 72.1 Å². The van der Waals surface area contributed by atoms with E-state index in [9.17, 15) is 9.59 Å². The molecule has 0 radical (unpaired) electrons. The third-order valence-corrected chi connectivity index (χ3v) is 12.2. The maximum Gasteiger partial charge on any atom is 0.408 e. The van der Waals surface area contributed by atoms with Gasteiger partial charge in [-0.05, 0) is 75.8 Å². The van der Waals surface area contributed by atoms with Crippen LogP contribution in [0.3, 0.4) is 0 Å². The summed E-state index contributed by atoms with van der Waals surface area (Å²) in [6.07, 6.45) is 1.09. The predicted molar refractivity (Wildman–Crippen MR) is 183 cm³/mol. The lowest BCUT2D eigenvalue weighted by Gasteiger charge is -2.36. The molecule has 0 saturated heterocycles. The zero-order chi connectivity index (χ0) is 32.0. The van der Waals surface area contributed by atoms with Gasteiger partial charge in [-0.3, -0.25) is 4.79 Å². The fourth-order valence-corrected chi connectivity index (χ4v) is 10.3. The van der Waals surface area contributed by atoms with E-state index in [1.807, 2.05) is 41.5 Å². The lowest BCUT2D eigenvalue weighted by molar-refractivity contribution is -0.126. The van der Waals surface area contributed by atoms with Gasteiger partial charge in [0.1, 0.15) is 11.6 Å². The molecular formula is C37H52BrN2O3P. The summed E-state index contributed by atoms with van der Waals surface area (Å²) in [5, 5.41) is 8.92. The van der Waals surface area contributed by atoms with Gasteiger partial charge >= 0.3 is 6.09 Å². The first kappa shape index (κ1) is 37.5. The molecule has 0 bridgehead atoms. The molecule has 0 fully saturated rings. The molecule has 3 rings (SSSR count). The Kier molecular flexibility index (Phi) is 13.2. The van der Waals surface area contributed by atoms with Crippen LogP contribution in [0.4, 0.5) is 4.79 Å². The molecule has 0 spiro atoms. The van der Waals surface area contributed by atoms with E-state index in [0.717, 1.165) is 12.3 Å². The summed E-state index contributed by atoms with van der Waals surface area (Å²) in [5.41, 5.74) is 2.64. The molecular weight excluding hydrogens is 631 g/mol. The number of carbonyl (C=O) groups excluding carboxylic acids is 2. The van der Waals surface area contributed by atoms with Gasteiger partial charge in [0.05, 0.1) is 36.2 Å². The Labute approximate surface area is 277 Å². The zero-order valence-electron chi connectivity index (χ0n) is 28.2. The van der Waals surface area contributed by atoms with Crippen LogP contribution in [0.2, 0.25) is 0 Å². The van der Waals surface area contributed by atoms with E-state index in [1.165, 1.54) is 27.3 Å². The van der Waals surface area contributed by atoms with Crippen molar-refractivity contribution in [3.8, 4) is 0 Å². The van der Waals surface area contributed by atoms with E-state index in [1.54, 1.807) is 0 Å². The second kappa shape index (κ2) is 15.5. The molecule has 44 heavy (non-hydrogen) atoms. The third-order valence-electron chi connectivity index (χ3n) is 7.66. The number of aryl methyl sites for hydroxylation is 2. The SMILES string of the molecule is Cc1cc(C)cc(C[P+](C[C@@H](NC(=O)C(NC(=O)OC(C)(C)C)C(C)(C)C)C(C)C)(c2ccccc2)c2ccccc2)c1.[Br-]. The number of halogens is 1. The molecule has 0 heterocycles. The second-order valence-corrected chi connectivity index (χ2v) is 17.9. The minimum Gasteiger partial charge on any atom is -1.00 e. The molecule has 240 valence electrons. The molecule has 0 aromatic heterocycles. The average molecular weight is 684 g/mol. The van der Waals surface area contributed by atoms with E-state index < -0.39 is 30.4 Å². The molecule has 2 N–H and O–H groups in total. The number of ether oxygens (including phenoxy) is 1. The summed E-state index contributed by atoms with van der Waals surface area (Å²) >= 11 is 0. The minimum absolute atomic E-state index is 0. The Morgan fingerprint density at radius 2 is 1.25 bits per heavy atom. The maximum absolute atomic E-state index is 14.0. The van der Waals surface area contributed by atoms with Crippen LogP contribution < -0.4 is 38.2 Å². The molecule has 3 aromatic rings. The van der Waals surface area contributed by atoms with Crippen molar-refractivity contribution in [2.45, 2.75) is 93.1 Å². The van der Waals surface area contributed by atoms with E-state index in [4.69, 9.17) is 4.74 Å². The number of carbonyl (C=O) groups is 2. The molecule has 5 nitrogen and oxygen atoms in total. The number of amides is 2. The van der Waals surface area contributed by atoms with Gasteiger partial charge < -0.3 is 32.4 Å². The smallest absolute Gasteiger partial charge is 0.408 e. The highest BCUT2D eigenvalue weighted by atomic mass is 79.9. The largest absolute Gasteiger partial charge is 1.00 e. The quantitative estimate of drug-likeness (QED) is 0.309. The lowest BCUT2D eigenvalue weighted by atomic mass is 9.86. The van der Waals surface area contributed by atoms with Gasteiger partial charge in [0.25, 0.3) is 0 Å². The van der Waals surface area contributed by atoms with Gasteiger partial charge in [0, 0.05) is 0 Å². The molecule has 3 aromatic carbocycles. The second-order valence-electron chi connectivity index (χ2n) is 14.3. The van der Waals surface area contributed by atoms with E-state index in [2.05, 4.69) is 117 Å². The first-order chi connectivity index (χ1) is 20.0. The molecule has 0 saturated carbocycles. The van der Waals surface area contributed by atoms with E-state index >= 15 is 0 Å². The van der Waals surface area contributed by atoms with Crippen LogP contribution in [0.25, 0.3) is 0 Å². The first-order valence-electron chi connectivity index (χ1n) is 15.4. The fraction of sp³-hybridized carbons (Fsp3) is 0.459. The van der Waals surface area contributed by atoms with Gasteiger partial charge in [-0.2, -0.15) is 0 Å². The number of benzene rings is 3. The van der Waals surface area contributed by atoms with Crippen LogP contribution in [0.15, 0.2) is 78.9 Å². The van der Waals surface area contributed by atoms with Crippen molar-refractivity contribution in [2.24, 2.45) is 11.3 Å². The van der Waals surface area contributed by atoms with Crippen LogP contribution in [0.5, 0.6) is 0 Å². The van der Waals surface area contributed by atoms with Gasteiger partial charge in [-0.1, -0.05) is 100 Å². The highest BCUT2D eigenvalue weighted by Gasteiger charge is 2.46. The van der Waals surface area contributed by atoms with Gasteiger partial charge in [-0.25, -0.2) is 4.79 Å². The Morgan fingerprint density at radius 3 is 1.66 bits per heavy atom. The molecule has 2 amide bonds. The monoisotopic (exact) mass is 682 g/mol. The van der Waals surface area contributed by atoms with Crippen molar-refractivity contribution in [1.82, 2.24) is 10.6 Å². The van der Waals surface area contributed by atoms with Crippen molar-refractivity contribution in [3.63, 3.8) is 0 Å². The highest BCUT2D eigenvalue weighted by molar-refractivity contribution is 7.88. The van der Waals surface area contributed by atoms with Crippen LogP contribution in [-0.2, 0) is 15.7 Å². The van der Waals surface area contributed by atoms with E-state index in [-0.39, 0.29) is 34.8 Å². The summed E-state index contributed by atoms with van der Waals surface area (Å²) < 4.78 is 5.52. The summed E-state index contributed by atoms with van der Waals surface area (Å²) in [6, 6.07) is 27.6. The van der Waals surface area contributed by atoms with Gasteiger partial charge in [0.15, 0.2) is 0 Å². The summed E-state index contributed by atoms with van der Waals surface area (Å²) in [5.74, 6) is -0.0279. The number of hydrogen-bond donors (Lipinski definition) is 2. The standard InChI is InChI=1S/C37H51N2O3P.BrH/c1-26(2)32(38-34(40)33(36(5,6)7)39-35(41)42-37(8,9)10)25-43(30-17-13-11-14-18-30,31-19-15-12-16-20-31)24-29-22-27(3)21-28(4)23-29;/h11-23,26,32-33H,24-25H2,1-10H3,(H-,38,39,40,41);1H/t32-,33?;/m1./s1. The van der Waals surface area contributed by atoms with Crippen LogP contribution in [0, 0.1) is 25.2 Å². The summed E-state index contributed by atoms with van der Waals surface area (Å²) in [4.78, 5) is 26.8.